The van der Waals surface area contributed by atoms with Gasteiger partial charge in [0.2, 0.25) is 0 Å². The van der Waals surface area contributed by atoms with Gasteiger partial charge in [-0.25, -0.2) is 0 Å². The van der Waals surface area contributed by atoms with E-state index in [-0.39, 0.29) is 6.01 Å². The number of nitrogens with zero attached hydrogens (tertiary/aromatic N) is 1. The first-order valence-electron chi connectivity index (χ1n) is 3.10. The minimum atomic E-state index is 0.256. The molecule has 2 N–H and O–H groups in total. The molecule has 0 aromatic carbocycles. The van der Waals surface area contributed by atoms with Crippen LogP contribution in [0.5, 0.6) is 0 Å². The van der Waals surface area contributed by atoms with Gasteiger partial charge >= 0.3 is 0 Å². The normalized spacial score (nSPS) is 10.1. The number of nitrogens with two attached hydrogens (primary N) is 1. The lowest BCUT2D eigenvalue weighted by molar-refractivity contribution is 0.579. The molecule has 0 fully saturated rings. The van der Waals surface area contributed by atoms with Crippen LogP contribution in [0.3, 0.4) is 0 Å². The van der Waals surface area contributed by atoms with Gasteiger partial charge in [-0.2, -0.15) is 16.7 Å². The lowest BCUT2D eigenvalue weighted by atomic mass is 10.6. The molecule has 0 amide bonds. The zero-order valence-electron chi connectivity index (χ0n) is 5.83. The molecule has 0 aliphatic heterocycles. The molecule has 0 unspecified atom stereocenters. The number of thioether (sulfide) groups is 1. The molecule has 0 atom stereocenters. The van der Waals surface area contributed by atoms with Crippen LogP contribution < -0.4 is 5.73 Å². The summed E-state index contributed by atoms with van der Waals surface area (Å²) < 4.78 is 4.81. The standard InChI is InChI=1S/C6H10N2OS/c1-2-10-4-5-3-9-6(7)8-5/h3H,2,4H2,1H3,(H2,7,8). The molecule has 1 heterocycles. The summed E-state index contributed by atoms with van der Waals surface area (Å²) in [5, 5.41) is 0. The van der Waals surface area contributed by atoms with Crippen LogP contribution in [0.2, 0.25) is 0 Å². The summed E-state index contributed by atoms with van der Waals surface area (Å²) in [5.74, 6) is 1.98. The first-order valence-corrected chi connectivity index (χ1v) is 4.26. The molecule has 0 saturated carbocycles. The van der Waals surface area contributed by atoms with Crippen LogP contribution in [0.25, 0.3) is 0 Å². The Labute approximate surface area is 64.0 Å². The summed E-state index contributed by atoms with van der Waals surface area (Å²) in [6, 6.07) is 0.256. The first-order chi connectivity index (χ1) is 4.83. The van der Waals surface area contributed by atoms with Crippen molar-refractivity contribution in [3.8, 4) is 0 Å². The Morgan fingerprint density at radius 2 is 2.60 bits per heavy atom. The quantitative estimate of drug-likeness (QED) is 0.724. The van der Waals surface area contributed by atoms with Gasteiger partial charge in [0.25, 0.3) is 6.01 Å². The zero-order chi connectivity index (χ0) is 7.40. The van der Waals surface area contributed by atoms with Crippen LogP contribution in [0.15, 0.2) is 10.7 Å². The van der Waals surface area contributed by atoms with Crippen molar-refractivity contribution >= 4 is 17.8 Å². The van der Waals surface area contributed by atoms with E-state index in [1.54, 1.807) is 18.0 Å². The molecule has 10 heavy (non-hydrogen) atoms. The maximum atomic E-state index is 5.26. The molecule has 0 radical (unpaired) electrons. The highest BCUT2D eigenvalue weighted by Gasteiger charge is 1.97. The van der Waals surface area contributed by atoms with Crippen LogP contribution in [-0.2, 0) is 5.75 Å². The van der Waals surface area contributed by atoms with E-state index in [4.69, 9.17) is 10.2 Å². The van der Waals surface area contributed by atoms with E-state index in [1.807, 2.05) is 0 Å². The van der Waals surface area contributed by atoms with Crippen LogP contribution in [-0.4, -0.2) is 10.7 Å². The van der Waals surface area contributed by atoms with Crippen LogP contribution in [0, 0.1) is 0 Å². The number of rotatable bonds is 3. The average molecular weight is 158 g/mol. The second-order valence-corrected chi connectivity index (χ2v) is 3.09. The summed E-state index contributed by atoms with van der Waals surface area (Å²) in [4.78, 5) is 3.94. The van der Waals surface area contributed by atoms with Gasteiger partial charge < -0.3 is 10.2 Å². The van der Waals surface area contributed by atoms with E-state index in [0.29, 0.717) is 0 Å². The molecule has 1 rings (SSSR count). The molecule has 0 spiro atoms. The number of hydrogen-bond donors (Lipinski definition) is 1. The molecule has 1 aromatic heterocycles. The number of hydrogen-bond acceptors (Lipinski definition) is 4. The van der Waals surface area contributed by atoms with Gasteiger partial charge in [-0.15, -0.1) is 0 Å². The molecule has 0 saturated heterocycles. The number of aromatic nitrogens is 1. The predicted molar refractivity (Wildman–Crippen MR) is 42.8 cm³/mol. The smallest absolute Gasteiger partial charge is 0.292 e. The van der Waals surface area contributed by atoms with Crippen molar-refractivity contribution in [2.24, 2.45) is 0 Å². The Bertz CT molecular complexity index is 199. The summed E-state index contributed by atoms with van der Waals surface area (Å²) in [6.07, 6.45) is 1.60. The Kier molecular flexibility index (Phi) is 2.62. The van der Waals surface area contributed by atoms with Gasteiger partial charge in [0, 0.05) is 5.75 Å². The topological polar surface area (TPSA) is 52.0 Å². The third-order valence-electron chi connectivity index (χ3n) is 1.02. The van der Waals surface area contributed by atoms with E-state index in [2.05, 4.69) is 11.9 Å². The van der Waals surface area contributed by atoms with Crippen molar-refractivity contribution in [2.45, 2.75) is 12.7 Å². The lowest BCUT2D eigenvalue weighted by Gasteiger charge is -1.89. The fraction of sp³-hybridized carbons (Fsp3) is 0.500. The summed E-state index contributed by atoms with van der Waals surface area (Å²) in [6.45, 7) is 2.11. The minimum absolute atomic E-state index is 0.256. The second kappa shape index (κ2) is 3.51. The van der Waals surface area contributed by atoms with Crippen molar-refractivity contribution in [2.75, 3.05) is 11.5 Å². The van der Waals surface area contributed by atoms with Crippen molar-refractivity contribution < 1.29 is 4.42 Å². The van der Waals surface area contributed by atoms with Crippen molar-refractivity contribution in [3.63, 3.8) is 0 Å². The molecule has 0 aliphatic carbocycles. The average Bonchev–Trinajstić information content (AvgIpc) is 2.31. The van der Waals surface area contributed by atoms with E-state index in [0.717, 1.165) is 17.2 Å². The monoisotopic (exact) mass is 158 g/mol. The summed E-state index contributed by atoms with van der Waals surface area (Å²) in [5.41, 5.74) is 6.18. The molecule has 4 heteroatoms. The summed E-state index contributed by atoms with van der Waals surface area (Å²) in [7, 11) is 0. The van der Waals surface area contributed by atoms with E-state index in [9.17, 15) is 0 Å². The van der Waals surface area contributed by atoms with Gasteiger partial charge in [-0.3, -0.25) is 0 Å². The van der Waals surface area contributed by atoms with E-state index < -0.39 is 0 Å². The molecule has 56 valence electrons. The minimum Gasteiger partial charge on any atom is -0.432 e. The molecule has 0 aliphatic rings. The largest absolute Gasteiger partial charge is 0.432 e. The second-order valence-electron chi connectivity index (χ2n) is 1.81. The third kappa shape index (κ3) is 1.95. The van der Waals surface area contributed by atoms with Crippen molar-refractivity contribution in [1.29, 1.82) is 0 Å². The van der Waals surface area contributed by atoms with E-state index >= 15 is 0 Å². The van der Waals surface area contributed by atoms with Crippen molar-refractivity contribution in [1.82, 2.24) is 4.98 Å². The van der Waals surface area contributed by atoms with Crippen LogP contribution >= 0.6 is 11.8 Å². The third-order valence-corrected chi connectivity index (χ3v) is 1.93. The fourth-order valence-electron chi connectivity index (χ4n) is 0.596. The first kappa shape index (κ1) is 7.47. The van der Waals surface area contributed by atoms with Gasteiger partial charge in [0.15, 0.2) is 0 Å². The van der Waals surface area contributed by atoms with E-state index in [1.165, 1.54) is 0 Å². The Balaban J connectivity index is 2.42. The number of anilines is 1. The SMILES string of the molecule is CCSCc1coc(N)n1. The van der Waals surface area contributed by atoms with Crippen LogP contribution in [0.1, 0.15) is 12.6 Å². The highest BCUT2D eigenvalue weighted by atomic mass is 32.2. The van der Waals surface area contributed by atoms with Gasteiger partial charge in [0.05, 0.1) is 5.69 Å². The highest BCUT2D eigenvalue weighted by molar-refractivity contribution is 7.98. The zero-order valence-corrected chi connectivity index (χ0v) is 6.65. The highest BCUT2D eigenvalue weighted by Crippen LogP contribution is 2.11. The Morgan fingerprint density at radius 1 is 1.80 bits per heavy atom. The van der Waals surface area contributed by atoms with Crippen molar-refractivity contribution in [3.05, 3.63) is 12.0 Å². The molecule has 3 nitrogen and oxygen atoms in total. The Morgan fingerprint density at radius 3 is 3.10 bits per heavy atom. The fourth-order valence-corrected chi connectivity index (χ4v) is 1.14. The van der Waals surface area contributed by atoms with Crippen LogP contribution in [0.4, 0.5) is 6.01 Å². The maximum Gasteiger partial charge on any atom is 0.292 e. The predicted octanol–water partition coefficient (Wildman–Crippen LogP) is 1.51. The molecular formula is C6H10N2OS. The van der Waals surface area contributed by atoms with Gasteiger partial charge in [-0.1, -0.05) is 6.92 Å². The molecule has 1 aromatic rings. The number of oxazole rings is 1. The molecule has 0 bridgehead atoms. The Hall–Kier alpha value is -0.640. The summed E-state index contributed by atoms with van der Waals surface area (Å²) >= 11 is 1.80. The number of nitrogen functional groups attached to an aromatic ring is 1. The molecular weight excluding hydrogens is 148 g/mol. The van der Waals surface area contributed by atoms with Gasteiger partial charge in [-0.05, 0) is 5.75 Å². The lowest BCUT2D eigenvalue weighted by Crippen LogP contribution is -1.85. The maximum absolute atomic E-state index is 5.26. The van der Waals surface area contributed by atoms with Gasteiger partial charge in [0.1, 0.15) is 6.26 Å².